The molecule has 4 rings (SSSR count). The number of anilines is 1. The van der Waals surface area contributed by atoms with E-state index < -0.39 is 10.0 Å². The summed E-state index contributed by atoms with van der Waals surface area (Å²) in [6.45, 7) is 7.98. The van der Waals surface area contributed by atoms with E-state index in [1.165, 1.54) is 9.87 Å². The van der Waals surface area contributed by atoms with E-state index >= 15 is 0 Å². The summed E-state index contributed by atoms with van der Waals surface area (Å²) >= 11 is 6.25. The van der Waals surface area contributed by atoms with Gasteiger partial charge in [-0.2, -0.15) is 0 Å². The van der Waals surface area contributed by atoms with Crippen molar-refractivity contribution in [2.24, 2.45) is 0 Å². The Morgan fingerprint density at radius 3 is 2.21 bits per heavy atom. The number of carbonyl (C=O) groups excluding carboxylic acids is 1. The predicted molar refractivity (Wildman–Crippen MR) is 154 cm³/mol. The van der Waals surface area contributed by atoms with Gasteiger partial charge in [-0.05, 0) is 86.3 Å². The molecule has 5 nitrogen and oxygen atoms in total. The molecule has 38 heavy (non-hydrogen) atoms. The summed E-state index contributed by atoms with van der Waals surface area (Å²) < 4.78 is 28.8. The van der Waals surface area contributed by atoms with Crippen molar-refractivity contribution in [1.29, 1.82) is 0 Å². The molecule has 0 radical (unpaired) electrons. The van der Waals surface area contributed by atoms with Crippen LogP contribution in [0.3, 0.4) is 0 Å². The molecule has 0 bridgehead atoms. The van der Waals surface area contributed by atoms with Crippen molar-refractivity contribution in [2.45, 2.75) is 45.2 Å². The van der Waals surface area contributed by atoms with Gasteiger partial charge >= 0.3 is 0 Å². The minimum absolute atomic E-state index is 0.0826. The molecule has 4 aromatic rings. The first kappa shape index (κ1) is 27.4. The van der Waals surface area contributed by atoms with Gasteiger partial charge in [-0.1, -0.05) is 71.8 Å². The van der Waals surface area contributed by atoms with Crippen LogP contribution in [0, 0.1) is 20.8 Å². The van der Waals surface area contributed by atoms with Crippen molar-refractivity contribution in [1.82, 2.24) is 5.32 Å². The topological polar surface area (TPSA) is 66.5 Å². The highest BCUT2D eigenvalue weighted by Gasteiger charge is 2.26. The fourth-order valence-electron chi connectivity index (χ4n) is 4.47. The average molecular weight is 547 g/mol. The number of halogens is 1. The van der Waals surface area contributed by atoms with Crippen LogP contribution in [0.1, 0.15) is 51.1 Å². The molecule has 1 amide bonds. The Hall–Kier alpha value is -3.61. The van der Waals surface area contributed by atoms with E-state index in [4.69, 9.17) is 11.6 Å². The Kier molecular flexibility index (Phi) is 8.24. The lowest BCUT2D eigenvalue weighted by Gasteiger charge is -2.26. The first-order valence-corrected chi connectivity index (χ1v) is 14.2. The van der Waals surface area contributed by atoms with Gasteiger partial charge in [0.05, 0.1) is 23.2 Å². The second kappa shape index (κ2) is 11.4. The summed E-state index contributed by atoms with van der Waals surface area (Å²) in [6.07, 6.45) is 0. The van der Waals surface area contributed by atoms with Crippen LogP contribution < -0.4 is 9.62 Å². The van der Waals surface area contributed by atoms with Crippen LogP contribution in [-0.2, 0) is 16.6 Å². The smallest absolute Gasteiger partial charge is 0.264 e. The maximum atomic E-state index is 13.7. The van der Waals surface area contributed by atoms with Gasteiger partial charge in [-0.3, -0.25) is 9.10 Å². The zero-order valence-corrected chi connectivity index (χ0v) is 23.5. The van der Waals surface area contributed by atoms with Crippen LogP contribution in [-0.4, -0.2) is 14.3 Å². The molecule has 1 atom stereocenters. The van der Waals surface area contributed by atoms with Gasteiger partial charge in [0.15, 0.2) is 0 Å². The number of aryl methyl sites for hydroxylation is 3. The number of nitrogens with zero attached hydrogens (tertiary/aromatic N) is 1. The molecule has 1 N–H and O–H groups in total. The molecule has 0 aliphatic rings. The number of benzene rings is 4. The fourth-order valence-corrected chi connectivity index (χ4v) is 6.16. The van der Waals surface area contributed by atoms with E-state index in [0.717, 1.165) is 22.3 Å². The first-order chi connectivity index (χ1) is 18.1. The molecular weight excluding hydrogens is 516 g/mol. The summed E-state index contributed by atoms with van der Waals surface area (Å²) in [7, 11) is -3.88. The number of carbonyl (C=O) groups is 1. The van der Waals surface area contributed by atoms with Crippen LogP contribution in [0.5, 0.6) is 0 Å². The van der Waals surface area contributed by atoms with E-state index in [9.17, 15) is 13.2 Å². The number of nitrogens with one attached hydrogen (secondary N) is 1. The molecule has 0 aliphatic carbocycles. The van der Waals surface area contributed by atoms with Crippen molar-refractivity contribution in [2.75, 3.05) is 4.31 Å². The molecule has 0 aromatic heterocycles. The normalized spacial score (nSPS) is 12.1. The quantitative estimate of drug-likeness (QED) is 0.255. The SMILES string of the molecule is Cc1ccc([C@H](C)NC(=O)c2ccc(CN(c3cc(Cl)ccc3C)S(=O)(=O)c3ccccc3)cc2)c(C)c1. The van der Waals surface area contributed by atoms with Gasteiger partial charge in [-0.25, -0.2) is 8.42 Å². The third kappa shape index (κ3) is 6.09. The van der Waals surface area contributed by atoms with Crippen molar-refractivity contribution < 1.29 is 13.2 Å². The number of amides is 1. The lowest BCUT2D eigenvalue weighted by atomic mass is 10.00. The maximum Gasteiger partial charge on any atom is 0.264 e. The van der Waals surface area contributed by atoms with Crippen molar-refractivity contribution in [3.05, 3.63) is 129 Å². The minimum atomic E-state index is -3.88. The Labute approximate surface area is 230 Å². The lowest BCUT2D eigenvalue weighted by Crippen LogP contribution is -2.31. The van der Waals surface area contributed by atoms with Gasteiger partial charge < -0.3 is 5.32 Å². The van der Waals surface area contributed by atoms with Crippen molar-refractivity contribution >= 4 is 33.2 Å². The third-order valence-electron chi connectivity index (χ3n) is 6.55. The predicted octanol–water partition coefficient (Wildman–Crippen LogP) is 7.15. The third-order valence-corrected chi connectivity index (χ3v) is 8.56. The summed E-state index contributed by atoms with van der Waals surface area (Å²) in [5.74, 6) is -0.191. The Balaban J connectivity index is 1.59. The number of hydrogen-bond acceptors (Lipinski definition) is 3. The molecule has 0 saturated heterocycles. The van der Waals surface area contributed by atoms with Crippen LogP contribution in [0.25, 0.3) is 0 Å². The van der Waals surface area contributed by atoms with Gasteiger partial charge in [0.25, 0.3) is 15.9 Å². The van der Waals surface area contributed by atoms with Crippen LogP contribution in [0.2, 0.25) is 5.02 Å². The van der Waals surface area contributed by atoms with Crippen LogP contribution in [0.4, 0.5) is 5.69 Å². The van der Waals surface area contributed by atoms with E-state index in [1.807, 2.05) is 39.8 Å². The number of sulfonamides is 1. The molecule has 4 aromatic carbocycles. The van der Waals surface area contributed by atoms with Crippen LogP contribution in [0.15, 0.2) is 95.9 Å². The Morgan fingerprint density at radius 2 is 1.55 bits per heavy atom. The molecular formula is C31H31ClN2O3S. The standard InChI is InChI=1S/C31H31ClN2O3S/c1-21-10-17-29(23(3)18-21)24(4)33-31(35)26-14-12-25(13-15-26)20-34(30-19-27(32)16-11-22(30)2)38(36,37)28-8-6-5-7-9-28/h5-19,24H,20H2,1-4H3,(H,33,35)/t24-/m0/s1. The maximum absolute atomic E-state index is 13.7. The summed E-state index contributed by atoms with van der Waals surface area (Å²) in [5.41, 5.74) is 5.90. The highest BCUT2D eigenvalue weighted by Crippen LogP contribution is 2.31. The molecule has 0 fully saturated rings. The second-order valence-corrected chi connectivity index (χ2v) is 11.8. The van der Waals surface area contributed by atoms with E-state index in [0.29, 0.717) is 16.3 Å². The highest BCUT2D eigenvalue weighted by atomic mass is 35.5. The number of hydrogen-bond donors (Lipinski definition) is 1. The molecule has 0 aliphatic heterocycles. The lowest BCUT2D eigenvalue weighted by molar-refractivity contribution is 0.0940. The van der Waals surface area contributed by atoms with E-state index in [1.54, 1.807) is 72.8 Å². The molecule has 196 valence electrons. The Bertz CT molecular complexity index is 1550. The average Bonchev–Trinajstić information content (AvgIpc) is 2.89. The van der Waals surface area contributed by atoms with Crippen LogP contribution >= 0.6 is 11.6 Å². The first-order valence-electron chi connectivity index (χ1n) is 12.4. The fraction of sp³-hybridized carbons (Fsp3) is 0.194. The largest absolute Gasteiger partial charge is 0.346 e. The summed E-state index contributed by atoms with van der Waals surface area (Å²) in [4.78, 5) is 13.1. The van der Waals surface area contributed by atoms with Crippen molar-refractivity contribution in [3.8, 4) is 0 Å². The van der Waals surface area contributed by atoms with Gasteiger partial charge in [0.1, 0.15) is 0 Å². The van der Waals surface area contributed by atoms with Gasteiger partial charge in [-0.15, -0.1) is 0 Å². The molecule has 0 spiro atoms. The van der Waals surface area contributed by atoms with E-state index in [2.05, 4.69) is 11.4 Å². The van der Waals surface area contributed by atoms with E-state index in [-0.39, 0.29) is 23.4 Å². The molecule has 7 heteroatoms. The van der Waals surface area contributed by atoms with Gasteiger partial charge in [0.2, 0.25) is 0 Å². The summed E-state index contributed by atoms with van der Waals surface area (Å²) in [6, 6.07) is 26.5. The zero-order valence-electron chi connectivity index (χ0n) is 21.9. The molecule has 0 heterocycles. The molecule has 0 saturated carbocycles. The monoisotopic (exact) mass is 546 g/mol. The highest BCUT2D eigenvalue weighted by molar-refractivity contribution is 7.92. The second-order valence-electron chi connectivity index (χ2n) is 9.51. The van der Waals surface area contributed by atoms with Gasteiger partial charge in [0, 0.05) is 10.6 Å². The van der Waals surface area contributed by atoms with Crippen molar-refractivity contribution in [3.63, 3.8) is 0 Å². The molecule has 0 unspecified atom stereocenters. The minimum Gasteiger partial charge on any atom is -0.346 e. The summed E-state index contributed by atoms with van der Waals surface area (Å²) in [5, 5.41) is 3.51. The zero-order chi connectivity index (χ0) is 27.4. The number of rotatable bonds is 8. The Morgan fingerprint density at radius 1 is 0.868 bits per heavy atom.